The highest BCUT2D eigenvalue weighted by Crippen LogP contribution is 2.19. The normalized spacial score (nSPS) is 10.3. The maximum Gasteiger partial charge on any atom is 0.335 e. The molecule has 0 unspecified atom stereocenters. The van der Waals surface area contributed by atoms with Crippen LogP contribution in [0, 0.1) is 13.8 Å². The molecule has 2 aromatic rings. The third-order valence-electron chi connectivity index (χ3n) is 3.19. The van der Waals surface area contributed by atoms with Crippen molar-refractivity contribution in [3.63, 3.8) is 0 Å². The summed E-state index contributed by atoms with van der Waals surface area (Å²) in [5, 5.41) is 8.83. The average molecular weight is 270 g/mol. The van der Waals surface area contributed by atoms with Crippen molar-refractivity contribution in [2.24, 2.45) is 0 Å². The standard InChI is InChI=1S/C17H18O3/c1-12-3-4-13(2)16(11-12)20-10-9-14-5-7-15(8-6-14)17(18)19/h3-8,11H,9-10H2,1-2H3,(H,18,19). The van der Waals surface area contributed by atoms with E-state index in [-0.39, 0.29) is 0 Å². The van der Waals surface area contributed by atoms with E-state index < -0.39 is 5.97 Å². The molecule has 0 fully saturated rings. The van der Waals surface area contributed by atoms with Gasteiger partial charge in [0, 0.05) is 6.42 Å². The van der Waals surface area contributed by atoms with E-state index in [1.807, 2.05) is 38.1 Å². The van der Waals surface area contributed by atoms with Crippen molar-refractivity contribution in [1.82, 2.24) is 0 Å². The predicted molar refractivity (Wildman–Crippen MR) is 78.5 cm³/mol. The summed E-state index contributed by atoms with van der Waals surface area (Å²) in [6.07, 6.45) is 0.757. The molecule has 0 atom stereocenters. The van der Waals surface area contributed by atoms with Crippen LogP contribution in [0.1, 0.15) is 27.0 Å². The smallest absolute Gasteiger partial charge is 0.335 e. The zero-order valence-corrected chi connectivity index (χ0v) is 11.7. The minimum atomic E-state index is -0.900. The molecule has 0 aliphatic rings. The molecule has 104 valence electrons. The van der Waals surface area contributed by atoms with Crippen molar-refractivity contribution in [2.75, 3.05) is 6.61 Å². The summed E-state index contributed by atoms with van der Waals surface area (Å²) in [6.45, 7) is 4.64. The fraction of sp³-hybridized carbons (Fsp3) is 0.235. The van der Waals surface area contributed by atoms with Gasteiger partial charge in [-0.1, -0.05) is 24.3 Å². The Morgan fingerprint density at radius 1 is 1.10 bits per heavy atom. The fourth-order valence-corrected chi connectivity index (χ4v) is 1.96. The van der Waals surface area contributed by atoms with Gasteiger partial charge in [0.2, 0.25) is 0 Å². The number of benzene rings is 2. The Hall–Kier alpha value is -2.29. The van der Waals surface area contributed by atoms with E-state index in [0.717, 1.165) is 23.3 Å². The molecular weight excluding hydrogens is 252 g/mol. The van der Waals surface area contributed by atoms with Gasteiger partial charge >= 0.3 is 5.97 Å². The third kappa shape index (κ3) is 3.60. The maximum absolute atomic E-state index is 10.8. The Labute approximate surface area is 118 Å². The molecule has 3 heteroatoms. The molecule has 0 bridgehead atoms. The second-order valence-corrected chi connectivity index (χ2v) is 4.87. The quantitative estimate of drug-likeness (QED) is 0.902. The van der Waals surface area contributed by atoms with E-state index in [0.29, 0.717) is 12.2 Å². The van der Waals surface area contributed by atoms with Crippen molar-refractivity contribution in [3.8, 4) is 5.75 Å². The zero-order valence-electron chi connectivity index (χ0n) is 11.7. The van der Waals surface area contributed by atoms with E-state index in [9.17, 15) is 4.79 Å². The summed E-state index contributed by atoms with van der Waals surface area (Å²) in [4.78, 5) is 10.8. The minimum Gasteiger partial charge on any atom is -0.493 e. The molecule has 3 nitrogen and oxygen atoms in total. The van der Waals surface area contributed by atoms with Gasteiger partial charge in [0.05, 0.1) is 12.2 Å². The van der Waals surface area contributed by atoms with Crippen molar-refractivity contribution < 1.29 is 14.6 Å². The first-order chi connectivity index (χ1) is 9.56. The molecule has 1 N–H and O–H groups in total. The minimum absolute atomic E-state index is 0.309. The van der Waals surface area contributed by atoms with Crippen LogP contribution < -0.4 is 4.74 Å². The van der Waals surface area contributed by atoms with E-state index in [1.54, 1.807) is 12.1 Å². The molecule has 0 saturated heterocycles. The predicted octanol–water partition coefficient (Wildman–Crippen LogP) is 3.62. The molecule has 0 spiro atoms. The molecule has 0 aliphatic carbocycles. The van der Waals surface area contributed by atoms with E-state index >= 15 is 0 Å². The van der Waals surface area contributed by atoms with Gasteiger partial charge in [-0.2, -0.15) is 0 Å². The number of aromatic carboxylic acids is 1. The molecule has 2 rings (SSSR count). The van der Waals surface area contributed by atoms with Gasteiger partial charge in [0.25, 0.3) is 0 Å². The van der Waals surface area contributed by atoms with Crippen LogP contribution in [0.3, 0.4) is 0 Å². The largest absolute Gasteiger partial charge is 0.493 e. The van der Waals surface area contributed by atoms with Gasteiger partial charge in [-0.3, -0.25) is 0 Å². The summed E-state index contributed by atoms with van der Waals surface area (Å²) in [7, 11) is 0. The summed E-state index contributed by atoms with van der Waals surface area (Å²) in [5.41, 5.74) is 3.68. The number of hydrogen-bond donors (Lipinski definition) is 1. The first-order valence-corrected chi connectivity index (χ1v) is 6.58. The Kier molecular flexibility index (Phi) is 4.41. The Morgan fingerprint density at radius 3 is 2.45 bits per heavy atom. The summed E-state index contributed by atoms with van der Waals surface area (Å²) < 4.78 is 5.78. The number of carboxylic acid groups (broad SMARTS) is 1. The molecule has 0 radical (unpaired) electrons. The van der Waals surface area contributed by atoms with Crippen LogP contribution in [0.4, 0.5) is 0 Å². The molecule has 20 heavy (non-hydrogen) atoms. The summed E-state index contributed by atoms with van der Waals surface area (Å²) in [5.74, 6) is 0.00958. The van der Waals surface area contributed by atoms with Gasteiger partial charge in [-0.25, -0.2) is 4.79 Å². The maximum atomic E-state index is 10.8. The van der Waals surface area contributed by atoms with Gasteiger partial charge in [-0.15, -0.1) is 0 Å². The second-order valence-electron chi connectivity index (χ2n) is 4.87. The number of carboxylic acids is 1. The lowest BCUT2D eigenvalue weighted by molar-refractivity contribution is 0.0697. The Balaban J connectivity index is 1.92. The number of aryl methyl sites for hydroxylation is 2. The highest BCUT2D eigenvalue weighted by atomic mass is 16.5. The van der Waals surface area contributed by atoms with Crippen molar-refractivity contribution in [1.29, 1.82) is 0 Å². The SMILES string of the molecule is Cc1ccc(C)c(OCCc2ccc(C(=O)O)cc2)c1. The highest BCUT2D eigenvalue weighted by Gasteiger charge is 2.03. The van der Waals surface area contributed by atoms with E-state index in [4.69, 9.17) is 9.84 Å². The molecule has 0 aliphatic heterocycles. The monoisotopic (exact) mass is 270 g/mol. The number of rotatable bonds is 5. The average Bonchev–Trinajstić information content (AvgIpc) is 2.43. The van der Waals surface area contributed by atoms with Crippen LogP contribution in [-0.4, -0.2) is 17.7 Å². The molecule has 0 saturated carbocycles. The van der Waals surface area contributed by atoms with E-state index in [1.165, 1.54) is 5.56 Å². The van der Waals surface area contributed by atoms with Crippen LogP contribution in [0.25, 0.3) is 0 Å². The second kappa shape index (κ2) is 6.24. The summed E-state index contributed by atoms with van der Waals surface area (Å²) >= 11 is 0. The lowest BCUT2D eigenvalue weighted by Gasteiger charge is -2.10. The first-order valence-electron chi connectivity index (χ1n) is 6.58. The van der Waals surface area contributed by atoms with E-state index in [2.05, 4.69) is 6.07 Å². The van der Waals surface area contributed by atoms with Crippen LogP contribution in [0.2, 0.25) is 0 Å². The van der Waals surface area contributed by atoms with Crippen LogP contribution in [-0.2, 0) is 6.42 Å². The fourth-order valence-electron chi connectivity index (χ4n) is 1.96. The number of carbonyl (C=O) groups is 1. The topological polar surface area (TPSA) is 46.5 Å². The van der Waals surface area contributed by atoms with Gasteiger partial charge in [0.15, 0.2) is 0 Å². The lowest BCUT2D eigenvalue weighted by atomic mass is 10.1. The highest BCUT2D eigenvalue weighted by molar-refractivity contribution is 5.87. The number of ether oxygens (including phenoxy) is 1. The molecule has 2 aromatic carbocycles. The molecule has 0 heterocycles. The summed E-state index contributed by atoms with van der Waals surface area (Å²) in [6, 6.07) is 13.0. The lowest BCUT2D eigenvalue weighted by Crippen LogP contribution is -2.03. The Morgan fingerprint density at radius 2 is 1.80 bits per heavy atom. The van der Waals surface area contributed by atoms with Crippen molar-refractivity contribution in [3.05, 3.63) is 64.7 Å². The van der Waals surface area contributed by atoms with Crippen molar-refractivity contribution >= 4 is 5.97 Å². The molecule has 0 amide bonds. The Bertz CT molecular complexity index is 600. The van der Waals surface area contributed by atoms with Crippen LogP contribution in [0.5, 0.6) is 5.75 Å². The van der Waals surface area contributed by atoms with Gasteiger partial charge in [0.1, 0.15) is 5.75 Å². The zero-order chi connectivity index (χ0) is 14.5. The van der Waals surface area contributed by atoms with Crippen molar-refractivity contribution in [2.45, 2.75) is 20.3 Å². The number of hydrogen-bond acceptors (Lipinski definition) is 2. The first kappa shape index (κ1) is 14.1. The van der Waals surface area contributed by atoms with Gasteiger partial charge < -0.3 is 9.84 Å². The molecule has 0 aromatic heterocycles. The third-order valence-corrected chi connectivity index (χ3v) is 3.19. The molecular formula is C17H18O3. The van der Waals surface area contributed by atoms with Gasteiger partial charge in [-0.05, 0) is 48.7 Å². The van der Waals surface area contributed by atoms with Crippen LogP contribution in [0.15, 0.2) is 42.5 Å². The van der Waals surface area contributed by atoms with Crippen LogP contribution >= 0.6 is 0 Å².